The van der Waals surface area contributed by atoms with Crippen LogP contribution in [0.25, 0.3) is 0 Å². The molecule has 0 heterocycles. The van der Waals surface area contributed by atoms with Crippen LogP contribution in [0.15, 0.2) is 34.9 Å². The molecular formula is C9H10. The van der Waals surface area contributed by atoms with E-state index in [9.17, 15) is 0 Å². The Morgan fingerprint density at radius 1 is 1.44 bits per heavy atom. The molecule has 0 saturated heterocycles. The highest BCUT2D eigenvalue weighted by atomic mass is 14.2. The smallest absolute Gasteiger partial charge is 0.00229 e. The van der Waals surface area contributed by atoms with Crippen LogP contribution in [0.3, 0.4) is 0 Å². The fraction of sp³-hybridized carbons (Fsp3) is 0.333. The van der Waals surface area contributed by atoms with Gasteiger partial charge in [-0.3, -0.25) is 0 Å². The first-order valence-electron chi connectivity index (χ1n) is 3.51. The van der Waals surface area contributed by atoms with Gasteiger partial charge in [0.25, 0.3) is 0 Å². The minimum atomic E-state index is 1.20. The Kier molecular flexibility index (Phi) is 0.895. The largest absolute Gasteiger partial charge is 0.0613 e. The Balaban J connectivity index is 2.45. The fourth-order valence-electron chi connectivity index (χ4n) is 1.51. The van der Waals surface area contributed by atoms with Crippen LogP contribution in [0.4, 0.5) is 0 Å². The summed E-state index contributed by atoms with van der Waals surface area (Å²) in [6.07, 6.45) is 9.18. The normalized spacial score (nSPS) is 21.7. The predicted molar refractivity (Wildman–Crippen MR) is 39.2 cm³/mol. The molecule has 0 spiro atoms. The molecule has 0 heteroatoms. The number of hydrogen-bond donors (Lipinski definition) is 0. The molecule has 0 aromatic heterocycles. The molecule has 9 heavy (non-hydrogen) atoms. The van der Waals surface area contributed by atoms with Crippen molar-refractivity contribution in [2.45, 2.75) is 19.8 Å². The Hall–Kier alpha value is -0.780. The molecule has 0 unspecified atom stereocenters. The minimum absolute atomic E-state index is 1.20. The van der Waals surface area contributed by atoms with Crippen molar-refractivity contribution in [1.82, 2.24) is 0 Å². The third-order valence-electron chi connectivity index (χ3n) is 2.05. The molecule has 0 amide bonds. The van der Waals surface area contributed by atoms with Crippen molar-refractivity contribution >= 4 is 0 Å². The maximum absolute atomic E-state index is 2.31. The molecular weight excluding hydrogens is 108 g/mol. The van der Waals surface area contributed by atoms with Gasteiger partial charge < -0.3 is 0 Å². The zero-order chi connectivity index (χ0) is 6.27. The summed E-state index contributed by atoms with van der Waals surface area (Å²) in [5.41, 5.74) is 4.60. The summed E-state index contributed by atoms with van der Waals surface area (Å²) in [5.74, 6) is 0. The van der Waals surface area contributed by atoms with Crippen LogP contribution >= 0.6 is 0 Å². The lowest BCUT2D eigenvalue weighted by atomic mass is 10.1. The Morgan fingerprint density at radius 2 is 2.33 bits per heavy atom. The second kappa shape index (κ2) is 1.60. The Morgan fingerprint density at radius 3 is 2.67 bits per heavy atom. The van der Waals surface area contributed by atoms with Gasteiger partial charge in [0.05, 0.1) is 0 Å². The van der Waals surface area contributed by atoms with Crippen molar-refractivity contribution in [3.8, 4) is 0 Å². The summed E-state index contributed by atoms with van der Waals surface area (Å²) < 4.78 is 0. The van der Waals surface area contributed by atoms with E-state index < -0.39 is 0 Å². The average molecular weight is 118 g/mol. The van der Waals surface area contributed by atoms with E-state index in [1.165, 1.54) is 18.4 Å². The van der Waals surface area contributed by atoms with Crippen LogP contribution in [0, 0.1) is 0 Å². The zero-order valence-electron chi connectivity index (χ0n) is 5.65. The molecule has 0 aromatic carbocycles. The molecule has 2 aliphatic carbocycles. The average Bonchev–Trinajstić information content (AvgIpc) is 2.45. The van der Waals surface area contributed by atoms with Gasteiger partial charge in [-0.2, -0.15) is 0 Å². The lowest BCUT2D eigenvalue weighted by Crippen LogP contribution is -1.76. The molecule has 2 rings (SSSR count). The van der Waals surface area contributed by atoms with E-state index >= 15 is 0 Å². The van der Waals surface area contributed by atoms with Gasteiger partial charge in [0.2, 0.25) is 0 Å². The third kappa shape index (κ3) is 0.593. The van der Waals surface area contributed by atoms with Gasteiger partial charge >= 0.3 is 0 Å². The Bertz CT molecular complexity index is 226. The monoisotopic (exact) mass is 118 g/mol. The topological polar surface area (TPSA) is 0 Å². The summed E-state index contributed by atoms with van der Waals surface area (Å²) in [7, 11) is 0. The minimum Gasteiger partial charge on any atom is -0.0613 e. The standard InChI is InChI=1S/C9H10/c1-2-8-5-7-3-4-9(8)6-7/h3-5H,2,6H2,1H3. The van der Waals surface area contributed by atoms with E-state index in [0.29, 0.717) is 0 Å². The molecule has 0 aliphatic heterocycles. The van der Waals surface area contributed by atoms with E-state index in [2.05, 4.69) is 25.2 Å². The molecule has 0 fully saturated rings. The van der Waals surface area contributed by atoms with E-state index in [0.717, 1.165) is 0 Å². The third-order valence-corrected chi connectivity index (χ3v) is 2.05. The number of fused-ring (bicyclic) bond motifs is 2. The van der Waals surface area contributed by atoms with E-state index in [1.807, 2.05) is 0 Å². The lowest BCUT2D eigenvalue weighted by Gasteiger charge is -1.95. The van der Waals surface area contributed by atoms with Gasteiger partial charge in [0.15, 0.2) is 0 Å². The highest BCUT2D eigenvalue weighted by Crippen LogP contribution is 2.34. The fourth-order valence-corrected chi connectivity index (χ4v) is 1.51. The molecule has 0 N–H and O–H groups in total. The summed E-state index contributed by atoms with van der Waals surface area (Å²) in [4.78, 5) is 0. The van der Waals surface area contributed by atoms with Crippen molar-refractivity contribution in [3.05, 3.63) is 34.9 Å². The van der Waals surface area contributed by atoms with Gasteiger partial charge in [-0.25, -0.2) is 0 Å². The summed E-state index contributed by atoms with van der Waals surface area (Å²) >= 11 is 0. The summed E-state index contributed by atoms with van der Waals surface area (Å²) in [6.45, 7) is 2.22. The van der Waals surface area contributed by atoms with Crippen LogP contribution < -0.4 is 0 Å². The van der Waals surface area contributed by atoms with Crippen LogP contribution in [0.5, 0.6) is 0 Å². The molecule has 0 saturated carbocycles. The zero-order valence-corrected chi connectivity index (χ0v) is 5.65. The van der Waals surface area contributed by atoms with Crippen LogP contribution in [-0.4, -0.2) is 0 Å². The van der Waals surface area contributed by atoms with E-state index in [4.69, 9.17) is 0 Å². The lowest BCUT2D eigenvalue weighted by molar-refractivity contribution is 1.13. The van der Waals surface area contributed by atoms with Gasteiger partial charge in [0, 0.05) is 0 Å². The first-order valence-corrected chi connectivity index (χ1v) is 3.51. The molecule has 46 valence electrons. The Labute approximate surface area is 55.6 Å². The highest BCUT2D eigenvalue weighted by molar-refractivity contribution is 5.54. The second-order valence-corrected chi connectivity index (χ2v) is 2.63. The SMILES string of the molecule is CCC1=C2C=CC(=C1)C2. The second-order valence-electron chi connectivity index (χ2n) is 2.63. The van der Waals surface area contributed by atoms with Gasteiger partial charge in [0.1, 0.15) is 0 Å². The van der Waals surface area contributed by atoms with Crippen LogP contribution in [0.2, 0.25) is 0 Å². The molecule has 0 aromatic rings. The highest BCUT2D eigenvalue weighted by Gasteiger charge is 2.14. The van der Waals surface area contributed by atoms with Crippen molar-refractivity contribution in [2.75, 3.05) is 0 Å². The van der Waals surface area contributed by atoms with Crippen LogP contribution in [0.1, 0.15) is 19.8 Å². The first-order chi connectivity index (χ1) is 4.40. The van der Waals surface area contributed by atoms with Crippen molar-refractivity contribution in [1.29, 1.82) is 0 Å². The first kappa shape index (κ1) is 5.04. The maximum Gasteiger partial charge on any atom is -0.00229 e. The van der Waals surface area contributed by atoms with Crippen molar-refractivity contribution < 1.29 is 0 Å². The summed E-state index contributed by atoms with van der Waals surface area (Å²) in [5, 5.41) is 0. The molecule has 2 aliphatic rings. The number of rotatable bonds is 1. The molecule has 0 nitrogen and oxygen atoms in total. The van der Waals surface area contributed by atoms with Crippen molar-refractivity contribution in [2.24, 2.45) is 0 Å². The van der Waals surface area contributed by atoms with Crippen molar-refractivity contribution in [3.63, 3.8) is 0 Å². The van der Waals surface area contributed by atoms with Gasteiger partial charge in [-0.1, -0.05) is 25.2 Å². The van der Waals surface area contributed by atoms with Gasteiger partial charge in [-0.15, -0.1) is 0 Å². The number of hydrogen-bond acceptors (Lipinski definition) is 0. The molecule has 0 radical (unpaired) electrons. The summed E-state index contributed by atoms with van der Waals surface area (Å²) in [6, 6.07) is 0. The number of allylic oxidation sites excluding steroid dienone is 6. The predicted octanol–water partition coefficient (Wildman–Crippen LogP) is 2.59. The molecule has 0 atom stereocenters. The quantitative estimate of drug-likeness (QED) is 0.496. The maximum atomic E-state index is 2.31. The molecule has 2 bridgehead atoms. The van der Waals surface area contributed by atoms with Crippen LogP contribution in [-0.2, 0) is 0 Å². The van der Waals surface area contributed by atoms with E-state index in [-0.39, 0.29) is 0 Å². The van der Waals surface area contributed by atoms with Gasteiger partial charge in [-0.05, 0) is 29.6 Å². The van der Waals surface area contributed by atoms with E-state index in [1.54, 1.807) is 11.1 Å².